The fourth-order valence-electron chi connectivity index (χ4n) is 1.61. The van der Waals surface area contributed by atoms with E-state index in [1.807, 2.05) is 4.90 Å². The lowest BCUT2D eigenvalue weighted by atomic mass is 10.2. The summed E-state index contributed by atoms with van der Waals surface area (Å²) >= 11 is 5.98. The van der Waals surface area contributed by atoms with Crippen molar-refractivity contribution in [2.24, 2.45) is 0 Å². The molecule has 0 aliphatic carbocycles. The summed E-state index contributed by atoms with van der Waals surface area (Å²) in [6.07, 6.45) is 0. The molecule has 0 bridgehead atoms. The molecule has 1 N–H and O–H groups in total. The number of benzene rings is 1. The second-order valence-electron chi connectivity index (χ2n) is 4.11. The van der Waals surface area contributed by atoms with E-state index in [0.29, 0.717) is 24.7 Å². The largest absolute Gasteiger partial charge is 0.383 e. The molecule has 0 saturated carbocycles. The second kappa shape index (κ2) is 8.09. The lowest BCUT2D eigenvalue weighted by Crippen LogP contribution is -2.37. The number of hydrogen-bond donors (Lipinski definition) is 1. The van der Waals surface area contributed by atoms with Crippen LogP contribution >= 0.6 is 11.6 Å². The van der Waals surface area contributed by atoms with Gasteiger partial charge in [0.2, 0.25) is 5.91 Å². The third-order valence-corrected chi connectivity index (χ3v) is 3.02. The number of methoxy groups -OCH3 is 1. The van der Waals surface area contributed by atoms with Crippen molar-refractivity contribution in [3.05, 3.63) is 34.6 Å². The molecule has 0 spiro atoms. The Balaban J connectivity index is 2.72. The fourth-order valence-corrected chi connectivity index (χ4v) is 1.83. The van der Waals surface area contributed by atoms with E-state index in [2.05, 4.69) is 5.32 Å². The Kier molecular flexibility index (Phi) is 6.77. The molecule has 1 rings (SSSR count). The molecule has 0 heterocycles. The number of amides is 1. The number of ether oxygens (including phenoxy) is 1. The number of rotatable bonds is 7. The number of nitrogens with one attached hydrogen (secondary N) is 1. The van der Waals surface area contributed by atoms with Crippen molar-refractivity contribution in [3.63, 3.8) is 0 Å². The Morgan fingerprint density at radius 3 is 2.84 bits per heavy atom. The van der Waals surface area contributed by atoms with Gasteiger partial charge in [-0.2, -0.15) is 0 Å². The SMILES string of the molecule is CNC(=O)CN(CCOC)Cc1ccc(F)cc1Cl. The van der Waals surface area contributed by atoms with E-state index in [-0.39, 0.29) is 18.3 Å². The standard InChI is InChI=1S/C13H18ClFN2O2/c1-16-13(18)9-17(5-6-19-2)8-10-3-4-11(15)7-12(10)14/h3-4,7H,5-6,8-9H2,1-2H3,(H,16,18). The van der Waals surface area contributed by atoms with Gasteiger partial charge < -0.3 is 10.1 Å². The van der Waals surface area contributed by atoms with Crippen molar-refractivity contribution in [2.75, 3.05) is 33.9 Å². The summed E-state index contributed by atoms with van der Waals surface area (Å²) in [5, 5.41) is 2.93. The smallest absolute Gasteiger partial charge is 0.233 e. The van der Waals surface area contributed by atoms with Crippen molar-refractivity contribution >= 4 is 17.5 Å². The maximum Gasteiger partial charge on any atom is 0.233 e. The Morgan fingerprint density at radius 1 is 1.53 bits per heavy atom. The van der Waals surface area contributed by atoms with Gasteiger partial charge in [-0.1, -0.05) is 17.7 Å². The first-order valence-corrected chi connectivity index (χ1v) is 6.30. The number of likely N-dealkylation sites (N-methyl/N-ethyl adjacent to an activating group) is 1. The van der Waals surface area contributed by atoms with Gasteiger partial charge >= 0.3 is 0 Å². The molecular weight excluding hydrogens is 271 g/mol. The number of halogens is 2. The minimum atomic E-state index is -0.372. The molecule has 0 aliphatic heterocycles. The molecule has 6 heteroatoms. The summed E-state index contributed by atoms with van der Waals surface area (Å²) in [6.45, 7) is 1.82. The molecule has 4 nitrogen and oxygen atoms in total. The molecule has 0 unspecified atom stereocenters. The van der Waals surface area contributed by atoms with Crippen LogP contribution in [0.5, 0.6) is 0 Å². The van der Waals surface area contributed by atoms with Crippen LogP contribution < -0.4 is 5.32 Å². The zero-order valence-electron chi connectivity index (χ0n) is 11.1. The monoisotopic (exact) mass is 288 g/mol. The van der Waals surface area contributed by atoms with Gasteiger partial charge in [-0.3, -0.25) is 9.69 Å². The van der Waals surface area contributed by atoms with Gasteiger partial charge in [-0.15, -0.1) is 0 Å². The molecule has 0 aromatic heterocycles. The number of carbonyl (C=O) groups is 1. The lowest BCUT2D eigenvalue weighted by Gasteiger charge is -2.21. The normalized spacial score (nSPS) is 10.8. The minimum absolute atomic E-state index is 0.0886. The molecule has 1 aromatic rings. The highest BCUT2D eigenvalue weighted by molar-refractivity contribution is 6.31. The van der Waals surface area contributed by atoms with Crippen LogP contribution in [0.4, 0.5) is 4.39 Å². The van der Waals surface area contributed by atoms with Crippen molar-refractivity contribution in [2.45, 2.75) is 6.54 Å². The maximum atomic E-state index is 13.0. The van der Waals surface area contributed by atoms with Gasteiger partial charge in [-0.05, 0) is 17.7 Å². The van der Waals surface area contributed by atoms with Gasteiger partial charge in [0.1, 0.15) is 5.82 Å². The van der Waals surface area contributed by atoms with Crippen molar-refractivity contribution < 1.29 is 13.9 Å². The first-order valence-electron chi connectivity index (χ1n) is 5.92. The molecule has 1 aromatic carbocycles. The van der Waals surface area contributed by atoms with Crippen LogP contribution in [0.25, 0.3) is 0 Å². The van der Waals surface area contributed by atoms with Crippen LogP contribution in [0, 0.1) is 5.82 Å². The summed E-state index contributed by atoms with van der Waals surface area (Å²) in [5.74, 6) is -0.460. The van der Waals surface area contributed by atoms with Crippen LogP contribution in [0.2, 0.25) is 5.02 Å². The molecule has 1 amide bonds. The van der Waals surface area contributed by atoms with Gasteiger partial charge in [-0.25, -0.2) is 4.39 Å². The average Bonchev–Trinajstić information content (AvgIpc) is 2.38. The van der Waals surface area contributed by atoms with Gasteiger partial charge in [0.15, 0.2) is 0 Å². The van der Waals surface area contributed by atoms with Gasteiger partial charge in [0, 0.05) is 32.3 Å². The molecule has 0 fully saturated rings. The Labute approximate surface area is 117 Å². The molecule has 0 radical (unpaired) electrons. The summed E-state index contributed by atoms with van der Waals surface area (Å²) < 4.78 is 18.0. The highest BCUT2D eigenvalue weighted by Crippen LogP contribution is 2.18. The number of nitrogens with zero attached hydrogens (tertiary/aromatic N) is 1. The highest BCUT2D eigenvalue weighted by atomic mass is 35.5. The van der Waals surface area contributed by atoms with Gasteiger partial charge in [0.25, 0.3) is 0 Å². The molecule has 106 valence electrons. The minimum Gasteiger partial charge on any atom is -0.383 e. The summed E-state index contributed by atoms with van der Waals surface area (Å²) in [7, 11) is 3.19. The zero-order valence-corrected chi connectivity index (χ0v) is 11.8. The topological polar surface area (TPSA) is 41.6 Å². The highest BCUT2D eigenvalue weighted by Gasteiger charge is 2.12. The van der Waals surface area contributed by atoms with E-state index < -0.39 is 0 Å². The second-order valence-corrected chi connectivity index (χ2v) is 4.52. The summed E-state index contributed by atoms with van der Waals surface area (Å²) in [5.41, 5.74) is 0.781. The number of hydrogen-bond acceptors (Lipinski definition) is 3. The third kappa shape index (κ3) is 5.55. The van der Waals surface area contributed by atoms with Crippen LogP contribution in [-0.2, 0) is 16.1 Å². The van der Waals surface area contributed by atoms with E-state index in [9.17, 15) is 9.18 Å². The first kappa shape index (κ1) is 15.9. The summed E-state index contributed by atoms with van der Waals surface area (Å²) in [4.78, 5) is 13.3. The Hall–Kier alpha value is -1.17. The van der Waals surface area contributed by atoms with Crippen molar-refractivity contribution in [1.82, 2.24) is 10.2 Å². The zero-order chi connectivity index (χ0) is 14.3. The quantitative estimate of drug-likeness (QED) is 0.830. The van der Waals surface area contributed by atoms with E-state index in [4.69, 9.17) is 16.3 Å². The summed E-state index contributed by atoms with van der Waals surface area (Å²) in [6, 6.07) is 4.25. The Bertz CT molecular complexity index is 429. The van der Waals surface area contributed by atoms with Crippen molar-refractivity contribution in [3.8, 4) is 0 Å². The molecule has 0 saturated heterocycles. The van der Waals surface area contributed by atoms with E-state index in [1.165, 1.54) is 12.1 Å². The first-order chi connectivity index (χ1) is 9.06. The van der Waals surface area contributed by atoms with E-state index >= 15 is 0 Å². The van der Waals surface area contributed by atoms with Crippen LogP contribution in [0.15, 0.2) is 18.2 Å². The van der Waals surface area contributed by atoms with Crippen molar-refractivity contribution in [1.29, 1.82) is 0 Å². The van der Waals surface area contributed by atoms with Crippen LogP contribution in [0.1, 0.15) is 5.56 Å². The maximum absolute atomic E-state index is 13.0. The molecule has 19 heavy (non-hydrogen) atoms. The third-order valence-electron chi connectivity index (χ3n) is 2.67. The van der Waals surface area contributed by atoms with Crippen LogP contribution in [-0.4, -0.2) is 44.7 Å². The predicted octanol–water partition coefficient (Wildman–Crippen LogP) is 1.67. The molecule has 0 aliphatic rings. The molecular formula is C13H18ClFN2O2. The lowest BCUT2D eigenvalue weighted by molar-refractivity contribution is -0.122. The van der Waals surface area contributed by atoms with E-state index in [0.717, 1.165) is 5.56 Å². The molecule has 0 atom stereocenters. The van der Waals surface area contributed by atoms with E-state index in [1.54, 1.807) is 20.2 Å². The predicted molar refractivity (Wildman–Crippen MR) is 72.6 cm³/mol. The fraction of sp³-hybridized carbons (Fsp3) is 0.462. The average molecular weight is 289 g/mol. The van der Waals surface area contributed by atoms with Gasteiger partial charge in [0.05, 0.1) is 13.2 Å². The van der Waals surface area contributed by atoms with Crippen LogP contribution in [0.3, 0.4) is 0 Å². The number of carbonyl (C=O) groups excluding carboxylic acids is 1. The Morgan fingerprint density at radius 2 is 2.26 bits per heavy atom.